The van der Waals surface area contributed by atoms with Crippen molar-refractivity contribution < 1.29 is 0 Å². The number of rotatable bonds is 17. The Balaban J connectivity index is 0.000000150. The number of hydrogen-bond acceptors (Lipinski definition) is 0. The van der Waals surface area contributed by atoms with Crippen molar-refractivity contribution in [3.8, 4) is 178 Å². The van der Waals surface area contributed by atoms with Crippen LogP contribution in [0.2, 0.25) is 0 Å². The number of aromatic nitrogens is 2. The molecule has 0 aliphatic carbocycles. The molecule has 0 bridgehead atoms. The van der Waals surface area contributed by atoms with E-state index in [1.165, 1.54) is 287 Å². The van der Waals surface area contributed by atoms with Crippen molar-refractivity contribution in [3.05, 3.63) is 568 Å². The molecule has 0 aliphatic heterocycles. The Bertz CT molecular complexity index is 9690. The predicted octanol–water partition coefficient (Wildman–Crippen LogP) is 40.4. The van der Waals surface area contributed by atoms with E-state index in [0.717, 1.165) is 0 Å². The van der Waals surface area contributed by atoms with Crippen molar-refractivity contribution in [2.24, 2.45) is 0 Å². The van der Waals surface area contributed by atoms with Crippen molar-refractivity contribution in [1.82, 2.24) is 9.13 Å². The van der Waals surface area contributed by atoms with Gasteiger partial charge in [0.15, 0.2) is 0 Å². The fourth-order valence-electron chi connectivity index (χ4n) is 22.6. The minimum absolute atomic E-state index is 1.17. The molecule has 0 N–H and O–H groups in total. The van der Waals surface area contributed by atoms with Crippen LogP contribution in [0.15, 0.2) is 546 Å². The van der Waals surface area contributed by atoms with E-state index >= 15 is 0 Å². The summed E-state index contributed by atoms with van der Waals surface area (Å²) in [5.74, 6) is 0. The number of nitrogens with zero attached hydrogens (tertiary/aromatic N) is 2. The van der Waals surface area contributed by atoms with Crippen molar-refractivity contribution in [2.45, 2.75) is 27.7 Å². The fraction of sp³-hybridized carbons (Fsp3) is 0.0274. The molecule has 2 aromatic heterocycles. The molecule has 2 heteroatoms. The molecule has 2 nitrogen and oxygen atoms in total. The van der Waals surface area contributed by atoms with E-state index in [2.05, 4.69) is 583 Å². The second-order valence-electron chi connectivity index (χ2n) is 39.6. The summed E-state index contributed by atoms with van der Waals surface area (Å²) < 4.78 is 4.75. The maximum absolute atomic E-state index is 2.43. The fourth-order valence-corrected chi connectivity index (χ4v) is 22.6. The van der Waals surface area contributed by atoms with Gasteiger partial charge in [-0.15, -0.1) is 0 Å². The second-order valence-corrected chi connectivity index (χ2v) is 39.6. The average Bonchev–Trinajstić information content (AvgIpc) is 1.29. The Kier molecular flexibility index (Phi) is 23.0. The van der Waals surface area contributed by atoms with Crippen molar-refractivity contribution in [1.29, 1.82) is 0 Å². The summed E-state index contributed by atoms with van der Waals surface area (Å²) in [5, 5.41) is 14.9. The van der Waals surface area contributed by atoms with Gasteiger partial charge in [0.05, 0.1) is 22.1 Å². The molecule has 0 radical (unpaired) electrons. The highest BCUT2D eigenvalue weighted by molar-refractivity contribution is 6.25. The van der Waals surface area contributed by atoms with Crippen LogP contribution in [0.25, 0.3) is 265 Å². The van der Waals surface area contributed by atoms with Crippen LogP contribution in [-0.2, 0) is 0 Å². The van der Waals surface area contributed by atoms with E-state index in [1.807, 2.05) is 0 Å². The summed E-state index contributed by atoms with van der Waals surface area (Å²) in [6.07, 6.45) is 0. The lowest BCUT2D eigenvalue weighted by molar-refractivity contribution is 1.18. The third kappa shape index (κ3) is 16.8. The van der Waals surface area contributed by atoms with Gasteiger partial charge in [0.2, 0.25) is 0 Å². The number of fused-ring (bicyclic) bond motifs is 10. The molecular formula is C146H102N2. The van der Waals surface area contributed by atoms with E-state index in [4.69, 9.17) is 0 Å². The van der Waals surface area contributed by atoms with Crippen molar-refractivity contribution >= 4 is 86.7 Å². The summed E-state index contributed by atoms with van der Waals surface area (Å²) in [6, 6.07) is 202. The average molecular weight is 1880 g/mol. The highest BCUT2D eigenvalue weighted by Gasteiger charge is 2.25. The third-order valence-corrected chi connectivity index (χ3v) is 30.4. The molecule has 0 fully saturated rings. The molecule has 0 saturated heterocycles. The van der Waals surface area contributed by atoms with Crippen LogP contribution in [0.5, 0.6) is 0 Å². The monoisotopic (exact) mass is 1880 g/mol. The van der Waals surface area contributed by atoms with Crippen LogP contribution in [-0.4, -0.2) is 9.13 Å². The molecular weight excluding hydrogens is 1780 g/mol. The Hall–Kier alpha value is -18.9. The molecule has 148 heavy (non-hydrogen) atoms. The van der Waals surface area contributed by atoms with E-state index in [0.29, 0.717) is 0 Å². The zero-order chi connectivity index (χ0) is 98.8. The maximum Gasteiger partial charge on any atom is 0.0541 e. The van der Waals surface area contributed by atoms with Crippen molar-refractivity contribution in [2.75, 3.05) is 0 Å². The van der Waals surface area contributed by atoms with Crippen LogP contribution >= 0.6 is 0 Å². The van der Waals surface area contributed by atoms with Gasteiger partial charge in [-0.2, -0.15) is 0 Å². The lowest BCUT2D eigenvalue weighted by Crippen LogP contribution is -1.93. The molecule has 0 saturated carbocycles. The van der Waals surface area contributed by atoms with Gasteiger partial charge in [0.1, 0.15) is 0 Å². The lowest BCUT2D eigenvalue weighted by atomic mass is 9.83. The van der Waals surface area contributed by atoms with E-state index in [9.17, 15) is 0 Å². The predicted molar refractivity (Wildman–Crippen MR) is 632 cm³/mol. The molecule has 25 aromatic carbocycles. The topological polar surface area (TPSA) is 9.86 Å². The number of aryl methyl sites for hydroxylation is 4. The van der Waals surface area contributed by atoms with Gasteiger partial charge in [-0.3, -0.25) is 0 Å². The molecule has 0 amide bonds. The summed E-state index contributed by atoms with van der Waals surface area (Å²) in [7, 11) is 0. The highest BCUT2D eigenvalue weighted by Crippen LogP contribution is 2.51. The van der Waals surface area contributed by atoms with Gasteiger partial charge in [-0.05, 0) is 323 Å². The van der Waals surface area contributed by atoms with Gasteiger partial charge >= 0.3 is 0 Å². The summed E-state index contributed by atoms with van der Waals surface area (Å²) in [6.45, 7) is 8.61. The van der Waals surface area contributed by atoms with E-state index in [-0.39, 0.29) is 0 Å². The van der Waals surface area contributed by atoms with E-state index < -0.39 is 0 Å². The first kappa shape index (κ1) is 89.2. The number of hydrogen-bond donors (Lipinski definition) is 0. The summed E-state index contributed by atoms with van der Waals surface area (Å²) in [4.78, 5) is 0. The highest BCUT2D eigenvalue weighted by atomic mass is 15.0. The number of benzene rings is 25. The Labute approximate surface area is 863 Å². The maximum atomic E-state index is 2.43. The molecule has 0 aliphatic rings. The summed E-state index contributed by atoms with van der Waals surface area (Å²) in [5.41, 5.74) is 48.5. The van der Waals surface area contributed by atoms with Crippen LogP contribution in [0.1, 0.15) is 22.3 Å². The van der Waals surface area contributed by atoms with Crippen LogP contribution in [0.4, 0.5) is 0 Å². The van der Waals surface area contributed by atoms with Gasteiger partial charge in [0, 0.05) is 32.9 Å². The van der Waals surface area contributed by atoms with Crippen molar-refractivity contribution in [3.63, 3.8) is 0 Å². The first-order chi connectivity index (χ1) is 73.0. The first-order valence-electron chi connectivity index (χ1n) is 51.4. The molecule has 0 unspecified atom stereocenters. The van der Waals surface area contributed by atoms with Crippen LogP contribution < -0.4 is 0 Å². The first-order valence-corrected chi connectivity index (χ1v) is 51.4. The second kappa shape index (κ2) is 38.1. The molecule has 696 valence electrons. The summed E-state index contributed by atoms with van der Waals surface area (Å²) >= 11 is 0. The number of para-hydroxylation sites is 4. The van der Waals surface area contributed by atoms with Crippen LogP contribution in [0, 0.1) is 27.7 Å². The molecule has 27 rings (SSSR count). The normalized spacial score (nSPS) is 11.5. The quantitative estimate of drug-likeness (QED) is 0.0804. The molecule has 0 atom stereocenters. The van der Waals surface area contributed by atoms with Gasteiger partial charge in [0.25, 0.3) is 0 Å². The Morgan fingerprint density at radius 1 is 0.101 bits per heavy atom. The Morgan fingerprint density at radius 2 is 0.257 bits per heavy atom. The zero-order valence-corrected chi connectivity index (χ0v) is 82.9. The standard InChI is InChI=1S/C76H53N.C70H49N/c1-50-17-21-58(22-18-50)63-42-45-69-71(48-63)75(61-37-33-56(34-38-61)54-27-25-53(26-28-54)52-11-5-3-6-12-52)68-44-41-64(59-23-19-51(2)20-24-59)49-72(68)76(69)62-39-35-57(36-40-62)55-29-31-60(32-30-55)65-43-46-74-70(47-65)67-15-9-10-16-73(67)77(74)66-13-7-4-8-14-66;1-46-17-21-52(22-18-46)57-38-41-63-65(44-57)69(55-33-29-49(30-34-55)48-11-5-3-6-12-48)62-40-37-58(53-23-19-47(2)20-24-53)45-66(62)70(63)56-35-31-51(32-36-56)50-25-27-54(28-26-50)59-39-42-68-64(43-59)61-15-9-10-16-67(61)71(68)60-13-7-4-8-14-60/h3-49H,1-2H3;3-45H,1-2H3. The van der Waals surface area contributed by atoms with Crippen LogP contribution in [0.3, 0.4) is 0 Å². The lowest BCUT2D eigenvalue weighted by Gasteiger charge is -2.20. The zero-order valence-electron chi connectivity index (χ0n) is 82.9. The largest absolute Gasteiger partial charge is 0.309 e. The van der Waals surface area contributed by atoms with Gasteiger partial charge < -0.3 is 9.13 Å². The van der Waals surface area contributed by atoms with Gasteiger partial charge in [-0.1, -0.05) is 483 Å². The SMILES string of the molecule is Cc1ccc(-c2ccc3c(-c4ccc(-c5ccc(-c6ccc7c(c6)c6ccccc6n7-c6ccccc6)cc5)cc4)c4cc(-c5ccc(C)cc5)ccc4c(-c4ccc(-c5ccc(-c6ccccc6)cc5)cc4)c3c2)cc1.Cc1ccc(-c2ccc3c(-c4ccc(-c5ccc(-c6ccc7c(c6)c6ccccc6n7-c6ccccc6)cc5)cc4)c4cc(-c5ccc(C)cc5)ccc4c(-c4ccc(-c5ccccc5)cc4)c3c2)cc1. The van der Waals surface area contributed by atoms with E-state index in [1.54, 1.807) is 0 Å². The molecule has 0 spiro atoms. The smallest absolute Gasteiger partial charge is 0.0541 e. The molecule has 27 aromatic rings. The minimum atomic E-state index is 1.17. The van der Waals surface area contributed by atoms with Gasteiger partial charge in [-0.25, -0.2) is 0 Å². The third-order valence-electron chi connectivity index (χ3n) is 30.4. The molecule has 2 heterocycles. The Morgan fingerprint density at radius 3 is 0.486 bits per heavy atom. The minimum Gasteiger partial charge on any atom is -0.309 e.